The summed E-state index contributed by atoms with van der Waals surface area (Å²) in [4.78, 5) is 17.2. The number of nitrogens with zero attached hydrogens (tertiary/aromatic N) is 6. The molecule has 3 rings (SSSR count). The summed E-state index contributed by atoms with van der Waals surface area (Å²) >= 11 is 0. The Hall–Kier alpha value is -3.18. The lowest BCUT2D eigenvalue weighted by molar-refractivity contribution is 0.0137. The molecule has 12 heteroatoms. The smallest absolute Gasteiger partial charge is 0.291 e. The van der Waals surface area contributed by atoms with Gasteiger partial charge in [0.15, 0.2) is 5.84 Å². The summed E-state index contributed by atoms with van der Waals surface area (Å²) in [7, 11) is 0. The molecule has 1 saturated heterocycles. The average molecular weight is 294 g/mol. The van der Waals surface area contributed by atoms with E-state index in [4.69, 9.17) is 15.7 Å². The topological polar surface area (TPSA) is 169 Å². The molecule has 1 aliphatic rings. The number of nitrogens with one attached hydrogen (secondary N) is 1. The van der Waals surface area contributed by atoms with Gasteiger partial charge in [-0.3, -0.25) is 9.89 Å². The van der Waals surface area contributed by atoms with Gasteiger partial charge in [-0.2, -0.15) is 5.10 Å². The number of aromatic amines is 1. The number of hydrogen-bond acceptors (Lipinski definition) is 9. The lowest BCUT2D eigenvalue weighted by Crippen LogP contribution is -2.56. The van der Waals surface area contributed by atoms with Crippen LogP contribution < -0.4 is 10.5 Å². The molecule has 110 valence electrons. The number of H-pyrrole nitrogens is 1. The van der Waals surface area contributed by atoms with Crippen molar-refractivity contribution in [3.8, 4) is 5.88 Å². The van der Waals surface area contributed by atoms with Crippen molar-refractivity contribution in [1.82, 2.24) is 30.4 Å². The highest BCUT2D eigenvalue weighted by atomic mass is 16.6. The fraction of sp³-hybridized carbons (Fsp3) is 0.333. The lowest BCUT2D eigenvalue weighted by Gasteiger charge is -2.37. The largest absolute Gasteiger partial charge is 0.467 e. The molecule has 0 unspecified atom stereocenters. The van der Waals surface area contributed by atoms with Crippen molar-refractivity contribution in [2.75, 3.05) is 13.1 Å². The molecule has 1 amide bonds. The highest BCUT2D eigenvalue weighted by Crippen LogP contribution is 2.20. The van der Waals surface area contributed by atoms with Crippen LogP contribution in [0.15, 0.2) is 16.1 Å². The Morgan fingerprint density at radius 3 is 3.05 bits per heavy atom. The van der Waals surface area contributed by atoms with E-state index in [0.717, 1.165) is 0 Å². The number of amides is 1. The van der Waals surface area contributed by atoms with E-state index in [2.05, 4.69) is 35.3 Å². The Morgan fingerprint density at radius 2 is 2.38 bits per heavy atom. The maximum atomic E-state index is 11.9. The molecular weight excluding hydrogens is 284 g/mol. The van der Waals surface area contributed by atoms with Crippen molar-refractivity contribution < 1.29 is 19.4 Å². The number of aromatic nitrogens is 5. The molecule has 12 nitrogen and oxygen atoms in total. The van der Waals surface area contributed by atoms with E-state index in [9.17, 15) is 4.79 Å². The maximum Gasteiger partial charge on any atom is 0.291 e. The first-order chi connectivity index (χ1) is 10.2. The molecule has 4 N–H and O–H groups in total. The van der Waals surface area contributed by atoms with E-state index in [1.165, 1.54) is 11.2 Å². The van der Waals surface area contributed by atoms with Gasteiger partial charge in [-0.1, -0.05) is 5.16 Å². The van der Waals surface area contributed by atoms with E-state index in [-0.39, 0.29) is 35.2 Å². The Labute approximate surface area is 116 Å². The van der Waals surface area contributed by atoms with Crippen LogP contribution in [0.4, 0.5) is 0 Å². The monoisotopic (exact) mass is 294 g/mol. The minimum atomic E-state index is -0.297. The van der Waals surface area contributed by atoms with Gasteiger partial charge in [-0.15, -0.1) is 0 Å². The average Bonchev–Trinajstić information content (AvgIpc) is 3.11. The first-order valence-corrected chi connectivity index (χ1v) is 5.80. The number of carbonyl (C=O) groups excluding carboxylic acids is 1. The Bertz CT molecular complexity index is 659. The third-order valence-electron chi connectivity index (χ3n) is 2.84. The van der Waals surface area contributed by atoms with Gasteiger partial charge in [0, 0.05) is 0 Å². The molecule has 0 spiro atoms. The summed E-state index contributed by atoms with van der Waals surface area (Å²) < 4.78 is 9.93. The summed E-state index contributed by atoms with van der Waals surface area (Å²) in [6, 6.07) is 0. The van der Waals surface area contributed by atoms with Gasteiger partial charge in [0.1, 0.15) is 12.4 Å². The summed E-state index contributed by atoms with van der Waals surface area (Å²) in [5, 5.41) is 24.4. The van der Waals surface area contributed by atoms with Gasteiger partial charge in [0.2, 0.25) is 11.5 Å². The minimum absolute atomic E-state index is 0.00191. The van der Waals surface area contributed by atoms with E-state index in [1.54, 1.807) is 0 Å². The molecule has 0 bridgehead atoms. The van der Waals surface area contributed by atoms with Crippen LogP contribution >= 0.6 is 0 Å². The van der Waals surface area contributed by atoms with Crippen LogP contribution in [-0.4, -0.2) is 66.5 Å². The molecule has 21 heavy (non-hydrogen) atoms. The molecular formula is C9H10N8O4. The summed E-state index contributed by atoms with van der Waals surface area (Å²) in [5.41, 5.74) is 5.39. The van der Waals surface area contributed by atoms with E-state index < -0.39 is 0 Å². The van der Waals surface area contributed by atoms with Crippen LogP contribution in [0, 0.1) is 0 Å². The Balaban J connectivity index is 1.58. The van der Waals surface area contributed by atoms with E-state index >= 15 is 0 Å². The normalized spacial score (nSPS) is 15.8. The SMILES string of the molecule is N/C(=N\O)c1nonc1OC1CN(C(=O)c2ncn[nH]2)C1. The van der Waals surface area contributed by atoms with Gasteiger partial charge in [0.05, 0.1) is 13.1 Å². The number of rotatable bonds is 4. The molecule has 0 aliphatic carbocycles. The predicted molar refractivity (Wildman–Crippen MR) is 63.5 cm³/mol. The molecule has 1 aliphatic heterocycles. The Kier molecular flexibility index (Phi) is 3.10. The number of hydrogen-bond donors (Lipinski definition) is 3. The zero-order valence-corrected chi connectivity index (χ0v) is 10.5. The number of carbonyl (C=O) groups is 1. The van der Waals surface area contributed by atoms with Gasteiger partial charge < -0.3 is 20.6 Å². The van der Waals surface area contributed by atoms with Crippen molar-refractivity contribution in [3.05, 3.63) is 17.8 Å². The van der Waals surface area contributed by atoms with Crippen LogP contribution in [0.1, 0.15) is 16.3 Å². The van der Waals surface area contributed by atoms with Crippen molar-refractivity contribution in [2.24, 2.45) is 10.9 Å². The molecule has 2 aromatic heterocycles. The molecule has 0 radical (unpaired) electrons. The predicted octanol–water partition coefficient (Wildman–Crippen LogP) is -1.81. The fourth-order valence-corrected chi connectivity index (χ4v) is 1.76. The quantitative estimate of drug-likeness (QED) is 0.254. The van der Waals surface area contributed by atoms with Gasteiger partial charge in [-0.05, 0) is 10.3 Å². The second kappa shape index (κ2) is 5.07. The zero-order chi connectivity index (χ0) is 14.8. The van der Waals surface area contributed by atoms with Crippen LogP contribution in [0.25, 0.3) is 0 Å². The third kappa shape index (κ3) is 2.33. The van der Waals surface area contributed by atoms with Crippen LogP contribution in [-0.2, 0) is 0 Å². The highest BCUT2D eigenvalue weighted by Gasteiger charge is 2.35. The summed E-state index contributed by atoms with van der Waals surface area (Å²) in [6.45, 7) is 0.671. The molecule has 3 heterocycles. The fourth-order valence-electron chi connectivity index (χ4n) is 1.76. The molecule has 1 fully saturated rings. The molecule has 0 atom stereocenters. The van der Waals surface area contributed by atoms with Crippen molar-refractivity contribution in [3.63, 3.8) is 0 Å². The van der Waals surface area contributed by atoms with Crippen LogP contribution in [0.2, 0.25) is 0 Å². The second-order valence-electron chi connectivity index (χ2n) is 4.19. The molecule has 0 aromatic carbocycles. The molecule has 2 aromatic rings. The van der Waals surface area contributed by atoms with Gasteiger partial charge >= 0.3 is 0 Å². The van der Waals surface area contributed by atoms with Crippen LogP contribution in [0.3, 0.4) is 0 Å². The number of oxime groups is 1. The van der Waals surface area contributed by atoms with Gasteiger partial charge in [-0.25, -0.2) is 9.61 Å². The van der Waals surface area contributed by atoms with Crippen molar-refractivity contribution in [2.45, 2.75) is 6.10 Å². The molecule has 0 saturated carbocycles. The summed E-state index contributed by atoms with van der Waals surface area (Å²) in [5.74, 6) is -0.390. The van der Waals surface area contributed by atoms with Crippen molar-refractivity contribution >= 4 is 11.7 Å². The highest BCUT2D eigenvalue weighted by molar-refractivity contribution is 5.96. The van der Waals surface area contributed by atoms with Crippen LogP contribution in [0.5, 0.6) is 5.88 Å². The van der Waals surface area contributed by atoms with Crippen molar-refractivity contribution in [1.29, 1.82) is 0 Å². The standard InChI is InChI=1S/C9H10N8O4/c10-6(14-19)5-8(16-21-15-5)20-4-1-17(2-4)9(18)7-11-3-12-13-7/h3-4,19H,1-2H2,(H2,10,14)(H,11,12,13). The minimum Gasteiger partial charge on any atom is -0.467 e. The first-order valence-electron chi connectivity index (χ1n) is 5.80. The van der Waals surface area contributed by atoms with Gasteiger partial charge in [0.25, 0.3) is 11.8 Å². The Morgan fingerprint density at radius 1 is 1.57 bits per heavy atom. The number of nitrogens with two attached hydrogens (primary N) is 1. The number of ether oxygens (including phenoxy) is 1. The van der Waals surface area contributed by atoms with E-state index in [1.807, 2.05) is 0 Å². The first kappa shape index (κ1) is 12.8. The zero-order valence-electron chi connectivity index (χ0n) is 10.5. The maximum absolute atomic E-state index is 11.9. The number of amidine groups is 1. The lowest BCUT2D eigenvalue weighted by atomic mass is 10.1. The second-order valence-corrected chi connectivity index (χ2v) is 4.19. The third-order valence-corrected chi connectivity index (χ3v) is 2.84. The number of likely N-dealkylation sites (tertiary alicyclic amines) is 1. The summed E-state index contributed by atoms with van der Waals surface area (Å²) in [6.07, 6.45) is 0.958. The van der Waals surface area contributed by atoms with E-state index in [0.29, 0.717) is 13.1 Å².